The van der Waals surface area contributed by atoms with E-state index in [1.54, 1.807) is 5.56 Å². The van der Waals surface area contributed by atoms with Crippen LogP contribution in [0.1, 0.15) is 11.1 Å². The van der Waals surface area contributed by atoms with E-state index in [9.17, 15) is 0 Å². The van der Waals surface area contributed by atoms with Crippen molar-refractivity contribution in [3.05, 3.63) is 102 Å². The maximum absolute atomic E-state index is 2.57. The molecule has 0 saturated carbocycles. The van der Waals surface area contributed by atoms with Gasteiger partial charge in [0.25, 0.3) is 0 Å². The fourth-order valence-electron chi connectivity index (χ4n) is 3.85. The predicted octanol–water partition coefficient (Wildman–Crippen LogP) is 5.34. The van der Waals surface area contributed by atoms with Crippen LogP contribution in [-0.2, 0) is 3.17 Å². The van der Waals surface area contributed by atoms with Gasteiger partial charge in [-0.3, -0.25) is 0 Å². The van der Waals surface area contributed by atoms with Gasteiger partial charge in [-0.05, 0) is 0 Å². The molecule has 0 aromatic heterocycles. The van der Waals surface area contributed by atoms with Crippen LogP contribution in [0.3, 0.4) is 0 Å². The molecule has 0 saturated heterocycles. The van der Waals surface area contributed by atoms with Crippen LogP contribution in [0.4, 0.5) is 0 Å². The summed E-state index contributed by atoms with van der Waals surface area (Å²) in [5.41, 5.74) is 2.98. The van der Waals surface area contributed by atoms with Crippen LogP contribution < -0.4 is 10.6 Å². The minimum atomic E-state index is -1.70. The van der Waals surface area contributed by atoms with E-state index in [0.29, 0.717) is 0 Å². The molecule has 123 valence electrons. The Kier molecular flexibility index (Phi) is 4.84. The van der Waals surface area contributed by atoms with Crippen LogP contribution in [0.25, 0.3) is 6.08 Å². The quantitative estimate of drug-likeness (QED) is 0.374. The molecule has 1 radical (unpaired) electrons. The number of hydrogen-bond donors (Lipinski definition) is 0. The molecule has 0 amide bonds. The number of rotatable bonds is 4. The topological polar surface area (TPSA) is 0 Å². The second-order valence-corrected chi connectivity index (χ2v) is 18.3. The van der Waals surface area contributed by atoms with E-state index in [-0.39, 0.29) is 3.17 Å². The van der Waals surface area contributed by atoms with Crippen LogP contribution in [0.15, 0.2) is 91.0 Å². The van der Waals surface area contributed by atoms with Crippen LogP contribution in [0.5, 0.6) is 0 Å². The van der Waals surface area contributed by atoms with E-state index in [0.717, 1.165) is 0 Å². The summed E-state index contributed by atoms with van der Waals surface area (Å²) in [7, 11) is -0.462. The predicted molar refractivity (Wildman–Crippen MR) is 114 cm³/mol. The Morgan fingerprint density at radius 2 is 1.20 bits per heavy atom. The van der Waals surface area contributed by atoms with Gasteiger partial charge in [0, 0.05) is 0 Å². The molecule has 0 aliphatic heterocycles. The molecule has 2 heteroatoms. The standard InChI is InChI=1S/C21H16P.2CH3.Sn/c1-3-10-18(11-4-1)22(19-12-5-2-6-13-19)21-16-15-17-9-7-8-14-20(17)21;;;/h1-16H;2*1H3;. The Hall–Kier alpha value is -1.37. The molecule has 1 unspecified atom stereocenters. The average molecular weight is 448 g/mol. The van der Waals surface area contributed by atoms with Gasteiger partial charge >= 0.3 is 160 Å². The van der Waals surface area contributed by atoms with E-state index in [1.165, 1.54) is 16.2 Å². The molecule has 1 aliphatic carbocycles. The molecule has 3 aromatic carbocycles. The van der Waals surface area contributed by atoms with Crippen LogP contribution in [-0.4, -0.2) is 19.8 Å². The number of benzene rings is 3. The zero-order valence-electron chi connectivity index (χ0n) is 14.7. The fraction of sp³-hybridized carbons (Fsp3) is 0.130. The Morgan fingerprint density at radius 1 is 0.680 bits per heavy atom. The third-order valence-corrected chi connectivity index (χ3v) is 18.3. The summed E-state index contributed by atoms with van der Waals surface area (Å²) >= 11 is -1.70. The van der Waals surface area contributed by atoms with Crippen molar-refractivity contribution in [1.82, 2.24) is 0 Å². The normalized spacial score (nSPS) is 18.7. The first-order chi connectivity index (χ1) is 12.2. The van der Waals surface area contributed by atoms with Gasteiger partial charge < -0.3 is 0 Å². The summed E-state index contributed by atoms with van der Waals surface area (Å²) in [4.78, 5) is 5.13. The van der Waals surface area contributed by atoms with Gasteiger partial charge in [-0.2, -0.15) is 0 Å². The number of allylic oxidation sites excluding steroid dienone is 1. The first-order valence-electron chi connectivity index (χ1n) is 8.73. The maximum atomic E-state index is 2.57. The van der Waals surface area contributed by atoms with Gasteiger partial charge in [0.15, 0.2) is 0 Å². The van der Waals surface area contributed by atoms with E-state index in [1.807, 2.05) is 0 Å². The molecule has 0 spiro atoms. The molecule has 0 nitrogen and oxygen atoms in total. The van der Waals surface area contributed by atoms with Crippen molar-refractivity contribution in [1.29, 1.82) is 0 Å². The van der Waals surface area contributed by atoms with Crippen molar-refractivity contribution in [2.75, 3.05) is 0 Å². The molecule has 25 heavy (non-hydrogen) atoms. The van der Waals surface area contributed by atoms with Crippen molar-refractivity contribution in [2.24, 2.45) is 0 Å². The zero-order chi connectivity index (χ0) is 17.3. The SMILES string of the molecule is [CH3][Sn]([CH3])[C]1(P(c2ccccc2)c2ccccc2)C=Cc2ccccc21. The van der Waals surface area contributed by atoms with Gasteiger partial charge in [-0.15, -0.1) is 0 Å². The van der Waals surface area contributed by atoms with Gasteiger partial charge in [0.2, 0.25) is 0 Å². The Balaban J connectivity index is 1.99. The third kappa shape index (κ3) is 2.90. The Labute approximate surface area is 159 Å². The first-order valence-corrected chi connectivity index (χ1v) is 17.2. The van der Waals surface area contributed by atoms with Gasteiger partial charge in [0.1, 0.15) is 0 Å². The molecule has 1 aliphatic rings. The molecule has 0 fully saturated rings. The summed E-state index contributed by atoms with van der Waals surface area (Å²) in [5, 5.41) is 2.98. The zero-order valence-corrected chi connectivity index (χ0v) is 18.4. The molecular weight excluding hydrogens is 426 g/mol. The number of fused-ring (bicyclic) bond motifs is 1. The van der Waals surface area contributed by atoms with Crippen molar-refractivity contribution < 1.29 is 0 Å². The van der Waals surface area contributed by atoms with Crippen LogP contribution in [0, 0.1) is 0 Å². The molecule has 0 N–H and O–H groups in total. The second-order valence-electron chi connectivity index (χ2n) is 6.69. The molecule has 0 bridgehead atoms. The molecule has 3 aromatic rings. The monoisotopic (exact) mass is 449 g/mol. The second kappa shape index (κ2) is 7.09. The summed E-state index contributed by atoms with van der Waals surface area (Å²) in [5.74, 6) is 0. The Bertz CT molecular complexity index is 847. The van der Waals surface area contributed by atoms with E-state index in [2.05, 4.69) is 107 Å². The van der Waals surface area contributed by atoms with Crippen molar-refractivity contribution in [3.8, 4) is 0 Å². The van der Waals surface area contributed by atoms with Gasteiger partial charge in [-0.25, -0.2) is 0 Å². The van der Waals surface area contributed by atoms with Gasteiger partial charge in [0.05, 0.1) is 0 Å². The number of hydrogen-bond acceptors (Lipinski definition) is 0. The van der Waals surface area contributed by atoms with Crippen molar-refractivity contribution >= 4 is 44.4 Å². The van der Waals surface area contributed by atoms with E-state index in [4.69, 9.17) is 0 Å². The molecule has 4 rings (SSSR count). The van der Waals surface area contributed by atoms with Crippen LogP contribution in [0.2, 0.25) is 9.88 Å². The molecule has 0 heterocycles. The summed E-state index contributed by atoms with van der Waals surface area (Å²) < 4.78 is 0.233. The fourth-order valence-corrected chi connectivity index (χ4v) is 16.4. The Morgan fingerprint density at radius 3 is 1.76 bits per heavy atom. The van der Waals surface area contributed by atoms with Crippen molar-refractivity contribution in [2.45, 2.75) is 13.1 Å². The summed E-state index contributed by atoms with van der Waals surface area (Å²) in [6.07, 6.45) is 4.95. The van der Waals surface area contributed by atoms with Crippen LogP contribution >= 0.6 is 7.92 Å². The minimum absolute atomic E-state index is 0.233. The third-order valence-electron chi connectivity index (χ3n) is 5.02. The summed E-state index contributed by atoms with van der Waals surface area (Å²) in [6, 6.07) is 31.4. The molecule has 1 atom stereocenters. The van der Waals surface area contributed by atoms with E-state index >= 15 is 0 Å². The van der Waals surface area contributed by atoms with Crippen molar-refractivity contribution in [3.63, 3.8) is 0 Å². The first kappa shape index (κ1) is 17.1. The van der Waals surface area contributed by atoms with E-state index < -0.39 is 27.7 Å². The summed E-state index contributed by atoms with van der Waals surface area (Å²) in [6.45, 7) is 0. The molecular formula is C23H22PSn. The average Bonchev–Trinajstić information content (AvgIpc) is 3.05. The van der Waals surface area contributed by atoms with Gasteiger partial charge in [-0.1, -0.05) is 0 Å².